The topological polar surface area (TPSA) is 116 Å². The average Bonchev–Trinajstić information content (AvgIpc) is 2.73. The number of amides is 1. The summed E-state index contributed by atoms with van der Waals surface area (Å²) in [6.07, 6.45) is -0.495. The number of piperidine rings is 1. The highest BCUT2D eigenvalue weighted by Gasteiger charge is 2.40. The van der Waals surface area contributed by atoms with Crippen LogP contribution in [0.2, 0.25) is 0 Å². The quantitative estimate of drug-likeness (QED) is 0.426. The number of β-amino-alcohol motifs (C(OH)–C–C–N with tert-alkyl or cyclic N) is 1. The maximum absolute atomic E-state index is 13.0. The molecule has 0 aliphatic carbocycles. The third-order valence-electron chi connectivity index (χ3n) is 4.71. The number of aliphatic hydroxyl groups is 1. The largest absolute Gasteiger partial charge is 0.489 e. The molecule has 2 unspecified atom stereocenters. The summed E-state index contributed by atoms with van der Waals surface area (Å²) < 4.78 is 33.5. The molecule has 3 rings (SSSR count). The van der Waals surface area contributed by atoms with Gasteiger partial charge in [-0.3, -0.25) is 10.0 Å². The Bertz CT molecular complexity index is 967. The van der Waals surface area contributed by atoms with Crippen molar-refractivity contribution in [2.75, 3.05) is 6.54 Å². The fraction of sp³-hybridized carbons (Fsp3) is 0.316. The summed E-state index contributed by atoms with van der Waals surface area (Å²) in [4.78, 5) is 11.9. The number of carbonyl (C=O) groups is 1. The van der Waals surface area contributed by atoms with E-state index in [1.165, 1.54) is 29.7 Å². The molecule has 1 fully saturated rings. The van der Waals surface area contributed by atoms with Crippen molar-refractivity contribution < 1.29 is 28.3 Å². The molecule has 2 aromatic carbocycles. The van der Waals surface area contributed by atoms with Crippen LogP contribution in [0.3, 0.4) is 0 Å². The van der Waals surface area contributed by atoms with E-state index in [2.05, 4.69) is 15.9 Å². The predicted octanol–water partition coefficient (Wildman–Crippen LogP) is 2.05. The van der Waals surface area contributed by atoms with E-state index in [0.29, 0.717) is 12.4 Å². The predicted molar refractivity (Wildman–Crippen MR) is 108 cm³/mol. The first-order valence-electron chi connectivity index (χ1n) is 8.93. The molecule has 1 amide bonds. The molecule has 0 saturated carbocycles. The molecule has 1 aliphatic heterocycles. The van der Waals surface area contributed by atoms with Crippen LogP contribution >= 0.6 is 15.9 Å². The molecule has 3 N–H and O–H groups in total. The summed E-state index contributed by atoms with van der Waals surface area (Å²) in [5.74, 6) is -0.336. The summed E-state index contributed by atoms with van der Waals surface area (Å²) in [6, 6.07) is 12.4. The Morgan fingerprint density at radius 1 is 1.17 bits per heavy atom. The molecule has 10 heteroatoms. The van der Waals surface area contributed by atoms with Gasteiger partial charge in [0.15, 0.2) is 0 Å². The average molecular weight is 485 g/mol. The molecule has 1 saturated heterocycles. The second kappa shape index (κ2) is 9.23. The van der Waals surface area contributed by atoms with Crippen molar-refractivity contribution in [2.45, 2.75) is 36.5 Å². The Hall–Kier alpha value is -1.98. The molecule has 8 nitrogen and oxygen atoms in total. The minimum Gasteiger partial charge on any atom is -0.489 e. The number of carbonyl (C=O) groups excluding carboxylic acids is 1. The number of hydrogen-bond donors (Lipinski definition) is 3. The van der Waals surface area contributed by atoms with Crippen molar-refractivity contribution in [3.05, 3.63) is 58.6 Å². The molecule has 1 heterocycles. The van der Waals surface area contributed by atoms with Gasteiger partial charge >= 0.3 is 0 Å². The van der Waals surface area contributed by atoms with E-state index < -0.39 is 28.1 Å². The zero-order chi connectivity index (χ0) is 21.0. The monoisotopic (exact) mass is 484 g/mol. The standard InChI is InChI=1S/C19H21BrN2O6S/c20-17-4-2-1-3-13(17)12-28-15-6-8-16(9-7-15)29(26,27)22-11-14(23)5-10-18(22)19(24)21-25/h1-4,6-9,14,18,23,25H,5,10-12H2,(H,21,24). The number of rotatable bonds is 6. The van der Waals surface area contributed by atoms with E-state index >= 15 is 0 Å². The summed E-state index contributed by atoms with van der Waals surface area (Å²) in [5, 5.41) is 18.8. The van der Waals surface area contributed by atoms with E-state index in [1.807, 2.05) is 24.3 Å². The summed E-state index contributed by atoms with van der Waals surface area (Å²) in [6.45, 7) is 0.0886. The zero-order valence-corrected chi connectivity index (χ0v) is 17.8. The van der Waals surface area contributed by atoms with Crippen LogP contribution in [-0.2, 0) is 21.4 Å². The van der Waals surface area contributed by atoms with Crippen LogP contribution in [0.25, 0.3) is 0 Å². The van der Waals surface area contributed by atoms with E-state index in [0.717, 1.165) is 14.3 Å². The van der Waals surface area contributed by atoms with Gasteiger partial charge in [0.05, 0.1) is 11.0 Å². The Kier molecular flexibility index (Phi) is 6.91. The fourth-order valence-electron chi connectivity index (χ4n) is 3.14. The van der Waals surface area contributed by atoms with Gasteiger partial charge in [-0.2, -0.15) is 4.31 Å². The van der Waals surface area contributed by atoms with Gasteiger partial charge in [-0.1, -0.05) is 34.1 Å². The number of sulfonamides is 1. The third kappa shape index (κ3) is 4.96. The minimum atomic E-state index is -4.05. The summed E-state index contributed by atoms with van der Waals surface area (Å²) in [7, 11) is -4.05. The Morgan fingerprint density at radius 3 is 2.52 bits per heavy atom. The third-order valence-corrected chi connectivity index (χ3v) is 7.37. The number of hydrogen-bond acceptors (Lipinski definition) is 6. The van der Waals surface area contributed by atoms with Crippen LogP contribution in [0, 0.1) is 0 Å². The van der Waals surface area contributed by atoms with Crippen LogP contribution in [0.5, 0.6) is 5.75 Å². The molecule has 29 heavy (non-hydrogen) atoms. The first-order chi connectivity index (χ1) is 13.8. The van der Waals surface area contributed by atoms with Crippen LogP contribution in [0.1, 0.15) is 18.4 Å². The summed E-state index contributed by atoms with van der Waals surface area (Å²) >= 11 is 3.44. The van der Waals surface area contributed by atoms with Gasteiger partial charge in [0, 0.05) is 16.6 Å². The number of hydroxylamine groups is 1. The number of aliphatic hydroxyl groups excluding tert-OH is 1. The Balaban J connectivity index is 1.76. The highest BCUT2D eigenvalue weighted by Crippen LogP contribution is 2.27. The molecule has 156 valence electrons. The van der Waals surface area contributed by atoms with Gasteiger partial charge < -0.3 is 9.84 Å². The lowest BCUT2D eigenvalue weighted by Crippen LogP contribution is -2.54. The number of nitrogens with zero attached hydrogens (tertiary/aromatic N) is 1. The van der Waals surface area contributed by atoms with Crippen molar-refractivity contribution in [2.24, 2.45) is 0 Å². The van der Waals surface area contributed by atoms with Crippen LogP contribution in [-0.4, -0.2) is 47.6 Å². The molecular weight excluding hydrogens is 464 g/mol. The van der Waals surface area contributed by atoms with Gasteiger partial charge in [-0.25, -0.2) is 13.9 Å². The van der Waals surface area contributed by atoms with E-state index in [-0.39, 0.29) is 24.3 Å². The fourth-order valence-corrected chi connectivity index (χ4v) is 5.20. The minimum absolute atomic E-state index is 0.0319. The van der Waals surface area contributed by atoms with E-state index in [9.17, 15) is 18.3 Å². The first-order valence-corrected chi connectivity index (χ1v) is 11.2. The maximum Gasteiger partial charge on any atom is 0.261 e. The highest BCUT2D eigenvalue weighted by molar-refractivity contribution is 9.10. The van der Waals surface area contributed by atoms with Gasteiger partial charge in [-0.15, -0.1) is 0 Å². The van der Waals surface area contributed by atoms with Crippen molar-refractivity contribution in [3.8, 4) is 5.75 Å². The lowest BCUT2D eigenvalue weighted by Gasteiger charge is -2.35. The Morgan fingerprint density at radius 2 is 1.86 bits per heavy atom. The second-order valence-electron chi connectivity index (χ2n) is 6.65. The van der Waals surface area contributed by atoms with Crippen molar-refractivity contribution >= 4 is 31.9 Å². The summed E-state index contributed by atoms with van der Waals surface area (Å²) in [5.41, 5.74) is 2.45. The molecule has 2 aromatic rings. The maximum atomic E-state index is 13.0. The molecule has 0 spiro atoms. The van der Waals surface area contributed by atoms with Crippen molar-refractivity contribution in [3.63, 3.8) is 0 Å². The van der Waals surface area contributed by atoms with Crippen LogP contribution in [0.4, 0.5) is 0 Å². The lowest BCUT2D eigenvalue weighted by molar-refractivity contribution is -0.135. The number of nitrogens with one attached hydrogen (secondary N) is 1. The molecule has 0 aromatic heterocycles. The SMILES string of the molecule is O=C(NO)C1CCC(O)CN1S(=O)(=O)c1ccc(OCc2ccccc2Br)cc1. The second-order valence-corrected chi connectivity index (χ2v) is 9.39. The van der Waals surface area contributed by atoms with Crippen LogP contribution < -0.4 is 10.2 Å². The molecule has 2 atom stereocenters. The molecule has 0 bridgehead atoms. The van der Waals surface area contributed by atoms with Crippen LogP contribution in [0.15, 0.2) is 57.9 Å². The number of ether oxygens (including phenoxy) is 1. The first kappa shape index (κ1) is 21.7. The number of benzene rings is 2. The van der Waals surface area contributed by atoms with Crippen molar-refractivity contribution in [1.82, 2.24) is 9.79 Å². The zero-order valence-electron chi connectivity index (χ0n) is 15.4. The highest BCUT2D eigenvalue weighted by atomic mass is 79.9. The molecular formula is C19H21BrN2O6S. The normalized spacial score (nSPS) is 20.2. The molecule has 0 radical (unpaired) electrons. The van der Waals surface area contributed by atoms with Crippen molar-refractivity contribution in [1.29, 1.82) is 0 Å². The van der Waals surface area contributed by atoms with E-state index in [1.54, 1.807) is 0 Å². The van der Waals surface area contributed by atoms with Gasteiger partial charge in [0.25, 0.3) is 5.91 Å². The smallest absolute Gasteiger partial charge is 0.261 e. The van der Waals surface area contributed by atoms with Gasteiger partial charge in [-0.05, 0) is 43.2 Å². The Labute approximate surface area is 177 Å². The van der Waals surface area contributed by atoms with Gasteiger partial charge in [0.1, 0.15) is 18.4 Å². The molecule has 1 aliphatic rings. The number of halogens is 1. The lowest BCUT2D eigenvalue weighted by atomic mass is 10.0. The van der Waals surface area contributed by atoms with Gasteiger partial charge in [0.2, 0.25) is 10.0 Å². The van der Waals surface area contributed by atoms with E-state index in [4.69, 9.17) is 9.94 Å².